The minimum absolute atomic E-state index is 0.105. The van der Waals surface area contributed by atoms with E-state index in [4.69, 9.17) is 21.4 Å². The molecule has 0 saturated carbocycles. The van der Waals surface area contributed by atoms with Crippen LogP contribution in [0.25, 0.3) is 0 Å². The molecule has 2 aromatic carbocycles. The van der Waals surface area contributed by atoms with Gasteiger partial charge in [0.1, 0.15) is 6.61 Å². The first-order chi connectivity index (χ1) is 11.5. The van der Waals surface area contributed by atoms with Crippen LogP contribution in [0, 0.1) is 0 Å². The summed E-state index contributed by atoms with van der Waals surface area (Å²) in [4.78, 5) is 23.1. The van der Waals surface area contributed by atoms with E-state index in [1.165, 1.54) is 0 Å². The van der Waals surface area contributed by atoms with Gasteiger partial charge < -0.3 is 15.2 Å². The van der Waals surface area contributed by atoms with Crippen LogP contribution in [0.4, 0.5) is 4.79 Å². The molecule has 0 aliphatic carbocycles. The molecular formula is C17H15BrClNO4. The fourth-order valence-corrected chi connectivity index (χ4v) is 3.06. The van der Waals surface area contributed by atoms with Crippen LogP contribution in [0.5, 0.6) is 0 Å². The zero-order valence-electron chi connectivity index (χ0n) is 12.5. The fourth-order valence-electron chi connectivity index (χ4n) is 2.10. The van der Waals surface area contributed by atoms with Crippen LogP contribution >= 0.6 is 27.5 Å². The molecule has 0 aliphatic rings. The number of ether oxygens (including phenoxy) is 1. The van der Waals surface area contributed by atoms with Crippen LogP contribution < -0.4 is 5.32 Å². The molecule has 0 aliphatic heterocycles. The van der Waals surface area contributed by atoms with Gasteiger partial charge in [-0.05, 0) is 23.3 Å². The third kappa shape index (κ3) is 5.54. The third-order valence-corrected chi connectivity index (χ3v) is 4.14. The summed E-state index contributed by atoms with van der Waals surface area (Å²) in [5.74, 6) is -1.04. The van der Waals surface area contributed by atoms with Gasteiger partial charge in [-0.1, -0.05) is 63.9 Å². The van der Waals surface area contributed by atoms with Crippen LogP contribution in [0.1, 0.15) is 23.6 Å². The highest BCUT2D eigenvalue weighted by molar-refractivity contribution is 9.10. The van der Waals surface area contributed by atoms with E-state index in [9.17, 15) is 9.59 Å². The number of carboxylic acids is 1. The second-order valence-corrected chi connectivity index (χ2v) is 6.31. The first-order valence-electron chi connectivity index (χ1n) is 7.09. The number of alkyl carbamates (subject to hydrolysis) is 1. The standard InChI is InChI=1S/C17H15BrClNO4/c18-14-8-12(19)6-7-13(14)15(9-16(21)22)20-17(23)24-10-11-4-2-1-3-5-11/h1-8,15H,9-10H2,(H,20,23)(H,21,22)/t15-/m1/s1. The molecule has 0 spiro atoms. The minimum Gasteiger partial charge on any atom is -0.481 e. The van der Waals surface area contributed by atoms with Gasteiger partial charge in [0.15, 0.2) is 0 Å². The summed E-state index contributed by atoms with van der Waals surface area (Å²) in [5.41, 5.74) is 1.45. The largest absolute Gasteiger partial charge is 0.481 e. The maximum Gasteiger partial charge on any atom is 0.407 e. The minimum atomic E-state index is -1.04. The number of hydrogen-bond donors (Lipinski definition) is 2. The average molecular weight is 413 g/mol. The van der Waals surface area contributed by atoms with E-state index in [1.54, 1.807) is 18.2 Å². The molecule has 2 rings (SSSR count). The molecule has 0 fully saturated rings. The third-order valence-electron chi connectivity index (χ3n) is 3.22. The smallest absolute Gasteiger partial charge is 0.407 e. The summed E-state index contributed by atoms with van der Waals surface area (Å²) in [6.07, 6.45) is -0.965. The van der Waals surface area contributed by atoms with E-state index in [1.807, 2.05) is 30.3 Å². The summed E-state index contributed by atoms with van der Waals surface area (Å²) < 4.78 is 5.76. The summed E-state index contributed by atoms with van der Waals surface area (Å²) in [6.45, 7) is 0.105. The highest BCUT2D eigenvalue weighted by Gasteiger charge is 2.21. The van der Waals surface area contributed by atoms with Crippen molar-refractivity contribution >= 4 is 39.6 Å². The molecule has 126 valence electrons. The van der Waals surface area contributed by atoms with Crippen molar-refractivity contribution in [1.29, 1.82) is 0 Å². The summed E-state index contributed by atoms with van der Waals surface area (Å²) >= 11 is 9.23. The molecule has 0 bridgehead atoms. The summed E-state index contributed by atoms with van der Waals surface area (Å²) in [7, 11) is 0. The van der Waals surface area contributed by atoms with Crippen molar-refractivity contribution in [1.82, 2.24) is 5.32 Å². The number of hydrogen-bond acceptors (Lipinski definition) is 3. The first-order valence-corrected chi connectivity index (χ1v) is 8.27. The van der Waals surface area contributed by atoms with Crippen molar-refractivity contribution in [3.8, 4) is 0 Å². The normalized spacial score (nSPS) is 11.6. The molecule has 5 nitrogen and oxygen atoms in total. The van der Waals surface area contributed by atoms with Gasteiger partial charge in [0.05, 0.1) is 12.5 Å². The van der Waals surface area contributed by atoms with Crippen molar-refractivity contribution in [3.63, 3.8) is 0 Å². The number of amides is 1. The lowest BCUT2D eigenvalue weighted by Crippen LogP contribution is -2.30. The van der Waals surface area contributed by atoms with Gasteiger partial charge >= 0.3 is 12.1 Å². The van der Waals surface area contributed by atoms with Crippen LogP contribution in [0.3, 0.4) is 0 Å². The Morgan fingerprint density at radius 3 is 2.54 bits per heavy atom. The Hall–Kier alpha value is -2.05. The number of carboxylic acid groups (broad SMARTS) is 1. The lowest BCUT2D eigenvalue weighted by Gasteiger charge is -2.19. The topological polar surface area (TPSA) is 75.6 Å². The summed E-state index contributed by atoms with van der Waals surface area (Å²) in [5, 5.41) is 12.2. The molecule has 7 heteroatoms. The van der Waals surface area contributed by atoms with E-state index in [2.05, 4.69) is 21.2 Å². The zero-order valence-corrected chi connectivity index (χ0v) is 14.9. The second-order valence-electron chi connectivity index (χ2n) is 5.02. The second kappa shape index (κ2) is 8.70. The molecule has 1 atom stereocenters. The van der Waals surface area contributed by atoms with Gasteiger partial charge in [-0.25, -0.2) is 4.79 Å². The molecular weight excluding hydrogens is 398 g/mol. The maximum absolute atomic E-state index is 12.0. The zero-order chi connectivity index (χ0) is 17.5. The Morgan fingerprint density at radius 1 is 1.21 bits per heavy atom. The van der Waals surface area contributed by atoms with Gasteiger partial charge in [0.2, 0.25) is 0 Å². The lowest BCUT2D eigenvalue weighted by atomic mass is 10.0. The van der Waals surface area contributed by atoms with Crippen molar-refractivity contribution in [2.24, 2.45) is 0 Å². The molecule has 2 N–H and O–H groups in total. The number of nitrogens with one attached hydrogen (secondary N) is 1. The molecule has 0 heterocycles. The quantitative estimate of drug-likeness (QED) is 0.730. The Kier molecular flexibility index (Phi) is 6.63. The van der Waals surface area contributed by atoms with E-state index in [-0.39, 0.29) is 13.0 Å². The van der Waals surface area contributed by atoms with E-state index in [0.29, 0.717) is 15.1 Å². The van der Waals surface area contributed by atoms with Crippen molar-refractivity contribution in [3.05, 3.63) is 69.2 Å². The Bertz CT molecular complexity index is 724. The van der Waals surface area contributed by atoms with Gasteiger partial charge in [0.25, 0.3) is 0 Å². The van der Waals surface area contributed by atoms with Crippen LogP contribution in [0.15, 0.2) is 53.0 Å². The molecule has 0 unspecified atom stereocenters. The molecule has 1 amide bonds. The van der Waals surface area contributed by atoms with Crippen molar-refractivity contribution in [2.75, 3.05) is 0 Å². The fraction of sp³-hybridized carbons (Fsp3) is 0.176. The Morgan fingerprint density at radius 2 is 1.92 bits per heavy atom. The Balaban J connectivity index is 2.05. The highest BCUT2D eigenvalue weighted by atomic mass is 79.9. The number of halogens is 2. The maximum atomic E-state index is 12.0. The molecule has 2 aromatic rings. The van der Waals surface area contributed by atoms with Gasteiger partial charge in [-0.2, -0.15) is 0 Å². The SMILES string of the molecule is O=C(O)C[C@@H](NC(=O)OCc1ccccc1)c1ccc(Cl)cc1Br. The molecule has 24 heavy (non-hydrogen) atoms. The number of carbonyl (C=O) groups is 2. The number of benzene rings is 2. The first kappa shape index (κ1) is 18.3. The van der Waals surface area contributed by atoms with E-state index >= 15 is 0 Å². The molecule has 0 aromatic heterocycles. The van der Waals surface area contributed by atoms with E-state index < -0.39 is 18.1 Å². The number of aliphatic carboxylic acids is 1. The van der Waals surface area contributed by atoms with Crippen LogP contribution in [-0.2, 0) is 16.1 Å². The van der Waals surface area contributed by atoms with Gasteiger partial charge in [0, 0.05) is 9.50 Å². The van der Waals surface area contributed by atoms with Gasteiger partial charge in [-0.3, -0.25) is 4.79 Å². The lowest BCUT2D eigenvalue weighted by molar-refractivity contribution is -0.137. The van der Waals surface area contributed by atoms with Crippen molar-refractivity contribution < 1.29 is 19.4 Å². The monoisotopic (exact) mass is 411 g/mol. The predicted molar refractivity (Wildman–Crippen MR) is 93.9 cm³/mol. The average Bonchev–Trinajstić information content (AvgIpc) is 2.53. The number of rotatable bonds is 6. The van der Waals surface area contributed by atoms with E-state index in [0.717, 1.165) is 5.56 Å². The van der Waals surface area contributed by atoms with Crippen molar-refractivity contribution in [2.45, 2.75) is 19.1 Å². The molecule has 0 radical (unpaired) electrons. The number of carbonyl (C=O) groups excluding carboxylic acids is 1. The van der Waals surface area contributed by atoms with Crippen LogP contribution in [0.2, 0.25) is 5.02 Å². The summed E-state index contributed by atoms with van der Waals surface area (Å²) in [6, 6.07) is 13.4. The highest BCUT2D eigenvalue weighted by Crippen LogP contribution is 2.28. The predicted octanol–water partition coefficient (Wildman–Crippen LogP) is 4.54. The molecule has 0 saturated heterocycles. The van der Waals surface area contributed by atoms with Gasteiger partial charge in [-0.15, -0.1) is 0 Å². The van der Waals surface area contributed by atoms with Crippen LogP contribution in [-0.4, -0.2) is 17.2 Å². The Labute approximate surface area is 152 Å².